The van der Waals surface area contributed by atoms with Crippen molar-refractivity contribution in [2.24, 2.45) is 0 Å². The molecule has 210 valence electrons. The highest BCUT2D eigenvalue weighted by Crippen LogP contribution is 2.37. The van der Waals surface area contributed by atoms with Gasteiger partial charge in [0, 0.05) is 46.3 Å². The van der Waals surface area contributed by atoms with E-state index >= 15 is 0 Å². The Morgan fingerprint density at radius 2 is 1.38 bits per heavy atom. The third-order valence-electron chi connectivity index (χ3n) is 4.97. The van der Waals surface area contributed by atoms with Crippen molar-refractivity contribution in [2.45, 2.75) is 71.0 Å². The van der Waals surface area contributed by atoms with E-state index in [4.69, 9.17) is 0 Å². The number of carbonyl (C=O) groups excluding carboxylic acids is 2. The van der Waals surface area contributed by atoms with Gasteiger partial charge in [0.05, 0.1) is 9.77 Å². The average Bonchev–Trinajstić information content (AvgIpc) is 3.27. The molecular weight excluding hydrogens is 536 g/mol. The highest BCUT2D eigenvalue weighted by molar-refractivity contribution is 7.89. The first-order valence-electron chi connectivity index (χ1n) is 12.5. The van der Waals surface area contributed by atoms with Crippen molar-refractivity contribution in [3.63, 3.8) is 0 Å². The Morgan fingerprint density at radius 1 is 0.846 bits per heavy atom. The van der Waals surface area contributed by atoms with Crippen LogP contribution < -0.4 is 26.0 Å². The van der Waals surface area contributed by atoms with Crippen molar-refractivity contribution in [3.05, 3.63) is 48.7 Å². The molecule has 3 aromatic rings. The number of hydrogen-bond donors (Lipinski definition) is 5. The predicted molar refractivity (Wildman–Crippen MR) is 158 cm³/mol. The van der Waals surface area contributed by atoms with E-state index in [1.807, 2.05) is 39.8 Å². The van der Waals surface area contributed by atoms with Gasteiger partial charge in [-0.1, -0.05) is 6.07 Å². The van der Waals surface area contributed by atoms with Crippen molar-refractivity contribution in [2.75, 3.05) is 10.6 Å². The van der Waals surface area contributed by atoms with E-state index < -0.39 is 21.6 Å². The first-order valence-corrected chi connectivity index (χ1v) is 14.8. The van der Waals surface area contributed by atoms with E-state index in [2.05, 4.69) is 31.0 Å². The van der Waals surface area contributed by atoms with Crippen molar-refractivity contribution in [1.82, 2.24) is 20.3 Å². The number of nitrogens with zero attached hydrogens (tertiary/aromatic N) is 1. The summed E-state index contributed by atoms with van der Waals surface area (Å²) in [7, 11) is -3.95. The van der Waals surface area contributed by atoms with Gasteiger partial charge in [0.2, 0.25) is 10.0 Å². The number of rotatable bonds is 8. The first kappa shape index (κ1) is 30.1. The summed E-state index contributed by atoms with van der Waals surface area (Å²) in [5.74, 6) is 0. The minimum Gasteiger partial charge on any atom is -0.336 e. The summed E-state index contributed by atoms with van der Waals surface area (Å²) < 4.78 is 29.6. The number of hydrogen-bond acceptors (Lipinski definition) is 6. The Labute approximate surface area is 234 Å². The van der Waals surface area contributed by atoms with Gasteiger partial charge in [0.25, 0.3) is 0 Å². The second-order valence-corrected chi connectivity index (χ2v) is 13.4. The van der Waals surface area contributed by atoms with Gasteiger partial charge in [-0.15, -0.1) is 11.3 Å². The highest BCUT2D eigenvalue weighted by atomic mass is 32.2. The lowest BCUT2D eigenvalue weighted by molar-refractivity contribution is 0.249. The number of anilines is 2. The number of benzene rings is 2. The SMILES string of the molecule is CC(C)NC(=O)Nc1ccc(-c2ncc(-c3ccc(NC(=O)NC(C)C)cc3S(=O)(=O)NC(C)(C)C)s2)cc1. The first-order chi connectivity index (χ1) is 18.1. The zero-order valence-corrected chi connectivity index (χ0v) is 24.8. The van der Waals surface area contributed by atoms with Gasteiger partial charge in [-0.25, -0.2) is 27.7 Å². The zero-order chi connectivity index (χ0) is 29.0. The Kier molecular flexibility index (Phi) is 9.36. The van der Waals surface area contributed by atoms with Gasteiger partial charge in [-0.05, 0) is 84.9 Å². The van der Waals surface area contributed by atoms with Crippen LogP contribution in [-0.4, -0.2) is 43.1 Å². The zero-order valence-electron chi connectivity index (χ0n) is 23.2. The van der Waals surface area contributed by atoms with E-state index in [0.29, 0.717) is 26.8 Å². The Bertz CT molecular complexity index is 1430. The second-order valence-electron chi connectivity index (χ2n) is 10.7. The molecular formula is C27H36N6O4S2. The summed E-state index contributed by atoms with van der Waals surface area (Å²) in [6.45, 7) is 12.7. The molecule has 0 spiro atoms. The maximum Gasteiger partial charge on any atom is 0.319 e. The van der Waals surface area contributed by atoms with Gasteiger partial charge < -0.3 is 21.3 Å². The second kappa shape index (κ2) is 12.1. The molecule has 0 aliphatic heterocycles. The van der Waals surface area contributed by atoms with E-state index in [1.54, 1.807) is 51.2 Å². The minimum absolute atomic E-state index is 0.0207. The molecule has 1 heterocycles. The van der Waals surface area contributed by atoms with Crippen LogP contribution in [0.2, 0.25) is 0 Å². The van der Waals surface area contributed by atoms with Crippen LogP contribution in [0.15, 0.2) is 53.6 Å². The third-order valence-corrected chi connectivity index (χ3v) is 7.85. The maximum atomic E-state index is 13.4. The number of sulfonamides is 1. The van der Waals surface area contributed by atoms with Gasteiger partial charge in [-0.3, -0.25) is 0 Å². The fourth-order valence-electron chi connectivity index (χ4n) is 3.57. The average molecular weight is 573 g/mol. The molecule has 0 saturated carbocycles. The standard InChI is InChI=1S/C27H36N6O4S2/c1-16(2)29-25(34)31-19-10-8-18(9-11-19)24-28-15-22(38-24)21-13-12-20(32-26(35)30-17(3)4)14-23(21)39(36,37)33-27(5,6)7/h8-17,33H,1-7H3,(H2,29,31,34)(H2,30,32,35). The molecule has 39 heavy (non-hydrogen) atoms. The van der Waals surface area contributed by atoms with Crippen molar-refractivity contribution in [3.8, 4) is 21.0 Å². The normalized spacial score (nSPS) is 11.9. The molecule has 0 unspecified atom stereocenters. The number of carbonyl (C=O) groups is 2. The molecule has 0 bridgehead atoms. The summed E-state index contributed by atoms with van der Waals surface area (Å²) in [6.07, 6.45) is 1.63. The number of thiazole rings is 1. The van der Waals surface area contributed by atoms with Crippen LogP contribution in [-0.2, 0) is 10.0 Å². The van der Waals surface area contributed by atoms with E-state index in [0.717, 1.165) is 5.56 Å². The number of urea groups is 2. The molecule has 10 nitrogen and oxygen atoms in total. The maximum absolute atomic E-state index is 13.4. The quantitative estimate of drug-likeness (QED) is 0.238. The largest absolute Gasteiger partial charge is 0.336 e. The van der Waals surface area contributed by atoms with Crippen LogP contribution in [0, 0.1) is 0 Å². The fourth-order valence-corrected chi connectivity index (χ4v) is 6.26. The van der Waals surface area contributed by atoms with Crippen molar-refractivity contribution in [1.29, 1.82) is 0 Å². The summed E-state index contributed by atoms with van der Waals surface area (Å²) in [6, 6.07) is 11.2. The van der Waals surface area contributed by atoms with Crippen LogP contribution in [0.1, 0.15) is 48.5 Å². The molecule has 0 saturated heterocycles. The molecule has 0 radical (unpaired) electrons. The lowest BCUT2D eigenvalue weighted by Gasteiger charge is -2.22. The third kappa shape index (κ3) is 8.77. The van der Waals surface area contributed by atoms with Crippen molar-refractivity contribution < 1.29 is 18.0 Å². The number of aromatic nitrogens is 1. The molecule has 3 rings (SSSR count). The number of nitrogens with one attached hydrogen (secondary N) is 5. The van der Waals surface area contributed by atoms with E-state index in [-0.39, 0.29) is 23.0 Å². The Morgan fingerprint density at radius 3 is 1.92 bits per heavy atom. The molecule has 4 amide bonds. The highest BCUT2D eigenvalue weighted by Gasteiger charge is 2.26. The van der Waals surface area contributed by atoms with Crippen LogP contribution in [0.4, 0.5) is 21.0 Å². The van der Waals surface area contributed by atoms with Gasteiger partial charge in [-0.2, -0.15) is 0 Å². The molecule has 2 aromatic carbocycles. The van der Waals surface area contributed by atoms with Crippen LogP contribution in [0.3, 0.4) is 0 Å². The Balaban J connectivity index is 1.94. The number of amides is 4. The summed E-state index contributed by atoms with van der Waals surface area (Å²) in [4.78, 5) is 29.4. The lowest BCUT2D eigenvalue weighted by atomic mass is 10.1. The van der Waals surface area contributed by atoms with Gasteiger partial charge in [0.15, 0.2) is 0 Å². The molecule has 12 heteroatoms. The van der Waals surface area contributed by atoms with Crippen LogP contribution in [0.5, 0.6) is 0 Å². The lowest BCUT2D eigenvalue weighted by Crippen LogP contribution is -2.40. The Hall–Kier alpha value is -3.48. The molecule has 1 aromatic heterocycles. The summed E-state index contributed by atoms with van der Waals surface area (Å²) >= 11 is 1.34. The molecule has 5 N–H and O–H groups in total. The summed E-state index contributed by atoms with van der Waals surface area (Å²) in [5.41, 5.74) is 1.56. The molecule has 0 aliphatic carbocycles. The molecule has 0 atom stereocenters. The predicted octanol–water partition coefficient (Wildman–Crippen LogP) is 5.61. The molecule has 0 aliphatic rings. The van der Waals surface area contributed by atoms with Gasteiger partial charge in [0.1, 0.15) is 5.01 Å². The topological polar surface area (TPSA) is 141 Å². The van der Waals surface area contributed by atoms with E-state index in [9.17, 15) is 18.0 Å². The monoisotopic (exact) mass is 572 g/mol. The smallest absolute Gasteiger partial charge is 0.319 e. The van der Waals surface area contributed by atoms with Crippen LogP contribution >= 0.6 is 11.3 Å². The van der Waals surface area contributed by atoms with E-state index in [1.165, 1.54) is 17.4 Å². The minimum atomic E-state index is -3.95. The fraction of sp³-hybridized carbons (Fsp3) is 0.370. The van der Waals surface area contributed by atoms with Crippen LogP contribution in [0.25, 0.3) is 21.0 Å². The molecule has 0 fully saturated rings. The van der Waals surface area contributed by atoms with Crippen molar-refractivity contribution >= 4 is 44.8 Å². The summed E-state index contributed by atoms with van der Waals surface area (Å²) in [5, 5.41) is 11.7. The van der Waals surface area contributed by atoms with Gasteiger partial charge >= 0.3 is 12.1 Å².